The van der Waals surface area contributed by atoms with Crippen LogP contribution in [-0.2, 0) is 9.59 Å². The van der Waals surface area contributed by atoms with E-state index in [1.54, 1.807) is 48.5 Å². The van der Waals surface area contributed by atoms with Gasteiger partial charge < -0.3 is 16.0 Å². The van der Waals surface area contributed by atoms with Crippen molar-refractivity contribution in [1.29, 1.82) is 0 Å². The van der Waals surface area contributed by atoms with Crippen LogP contribution in [0.5, 0.6) is 0 Å². The van der Waals surface area contributed by atoms with Crippen molar-refractivity contribution < 1.29 is 18.8 Å². The van der Waals surface area contributed by atoms with E-state index in [-0.39, 0.29) is 27.4 Å². The first-order valence-electron chi connectivity index (χ1n) is 12.9. The first-order valence-corrected chi connectivity index (χ1v) is 14.9. The lowest BCUT2D eigenvalue weighted by Gasteiger charge is -2.16. The molecule has 0 saturated heterocycles. The van der Waals surface area contributed by atoms with E-state index >= 15 is 0 Å². The van der Waals surface area contributed by atoms with Crippen molar-refractivity contribution in [2.75, 3.05) is 10.6 Å². The Balaban J connectivity index is 1.53. The Morgan fingerprint density at radius 2 is 1.62 bits per heavy atom. The molecular formula is C32H26BrClFN3O3S. The van der Waals surface area contributed by atoms with E-state index in [1.807, 2.05) is 37.3 Å². The van der Waals surface area contributed by atoms with Crippen molar-refractivity contribution in [3.8, 4) is 0 Å². The Morgan fingerprint density at radius 1 is 0.905 bits per heavy atom. The van der Waals surface area contributed by atoms with Crippen LogP contribution in [0, 0.1) is 5.82 Å². The molecule has 0 spiro atoms. The van der Waals surface area contributed by atoms with E-state index in [0.29, 0.717) is 23.4 Å². The number of anilines is 2. The lowest BCUT2D eigenvalue weighted by molar-refractivity contribution is -0.116. The van der Waals surface area contributed by atoms with E-state index in [0.717, 1.165) is 9.37 Å². The molecule has 214 valence electrons. The van der Waals surface area contributed by atoms with Crippen LogP contribution in [0.2, 0.25) is 5.02 Å². The van der Waals surface area contributed by atoms with Crippen LogP contribution in [0.1, 0.15) is 29.3 Å². The summed E-state index contributed by atoms with van der Waals surface area (Å²) in [6.45, 7) is 1.92. The smallest absolute Gasteiger partial charge is 0.272 e. The van der Waals surface area contributed by atoms with Gasteiger partial charge >= 0.3 is 0 Å². The molecule has 1 unspecified atom stereocenters. The Hall–Kier alpha value is -3.92. The molecular weight excluding hydrogens is 641 g/mol. The first-order chi connectivity index (χ1) is 20.2. The van der Waals surface area contributed by atoms with Gasteiger partial charge in [0.1, 0.15) is 11.5 Å². The quantitative estimate of drug-likeness (QED) is 0.118. The Kier molecular flexibility index (Phi) is 10.9. The van der Waals surface area contributed by atoms with Gasteiger partial charge in [-0.3, -0.25) is 14.4 Å². The molecule has 3 amide bonds. The third-order valence-electron chi connectivity index (χ3n) is 5.96. The number of amides is 3. The van der Waals surface area contributed by atoms with Gasteiger partial charge in [-0.2, -0.15) is 0 Å². The van der Waals surface area contributed by atoms with Gasteiger partial charge in [-0.25, -0.2) is 4.39 Å². The van der Waals surface area contributed by atoms with Crippen LogP contribution < -0.4 is 16.0 Å². The molecule has 3 N–H and O–H groups in total. The molecule has 4 aromatic carbocycles. The van der Waals surface area contributed by atoms with Gasteiger partial charge in [0.25, 0.3) is 11.8 Å². The number of benzene rings is 4. The minimum atomic E-state index is -0.680. The van der Waals surface area contributed by atoms with Crippen LogP contribution in [0.15, 0.2) is 112 Å². The number of rotatable bonds is 10. The van der Waals surface area contributed by atoms with Gasteiger partial charge in [0, 0.05) is 31.9 Å². The predicted octanol–water partition coefficient (Wildman–Crippen LogP) is 8.16. The maximum Gasteiger partial charge on any atom is 0.272 e. The average Bonchev–Trinajstić information content (AvgIpc) is 2.99. The molecule has 4 aromatic rings. The minimum Gasteiger partial charge on any atom is -0.325 e. The highest BCUT2D eigenvalue weighted by Crippen LogP contribution is 2.29. The highest BCUT2D eigenvalue weighted by Gasteiger charge is 2.20. The maximum absolute atomic E-state index is 14.6. The number of carbonyl (C=O) groups is 3. The van der Waals surface area contributed by atoms with Gasteiger partial charge in [-0.15, -0.1) is 11.8 Å². The number of carbonyl (C=O) groups excluding carboxylic acids is 3. The number of hydrogen-bond donors (Lipinski definition) is 3. The Morgan fingerprint density at radius 3 is 2.31 bits per heavy atom. The lowest BCUT2D eigenvalue weighted by atomic mass is 10.1. The number of hydrogen-bond acceptors (Lipinski definition) is 4. The van der Waals surface area contributed by atoms with Gasteiger partial charge in [-0.05, 0) is 79.2 Å². The zero-order valence-electron chi connectivity index (χ0n) is 22.4. The molecule has 0 heterocycles. The molecule has 1 atom stereocenters. The number of thioether (sulfide) groups is 1. The van der Waals surface area contributed by atoms with Crippen LogP contribution >= 0.6 is 39.3 Å². The van der Waals surface area contributed by atoms with E-state index in [4.69, 9.17) is 11.6 Å². The molecule has 0 aliphatic carbocycles. The van der Waals surface area contributed by atoms with Crippen LogP contribution in [0.4, 0.5) is 15.8 Å². The molecule has 0 saturated carbocycles. The molecule has 10 heteroatoms. The van der Waals surface area contributed by atoms with Crippen molar-refractivity contribution in [2.24, 2.45) is 0 Å². The second-order valence-corrected chi connectivity index (χ2v) is 11.6. The summed E-state index contributed by atoms with van der Waals surface area (Å²) in [6.07, 6.45) is 1.78. The van der Waals surface area contributed by atoms with Gasteiger partial charge in [0.05, 0.1) is 10.3 Å². The molecule has 0 fully saturated rings. The van der Waals surface area contributed by atoms with E-state index in [9.17, 15) is 18.8 Å². The highest BCUT2D eigenvalue weighted by molar-refractivity contribution is 9.10. The van der Waals surface area contributed by atoms with Crippen molar-refractivity contribution in [2.45, 2.75) is 23.5 Å². The normalized spacial score (nSPS) is 11.9. The number of halogens is 3. The molecule has 6 nitrogen and oxygen atoms in total. The molecule has 0 aromatic heterocycles. The second-order valence-electron chi connectivity index (χ2n) is 9.01. The van der Waals surface area contributed by atoms with Gasteiger partial charge in [0.2, 0.25) is 5.91 Å². The molecule has 4 rings (SSSR count). The molecule has 0 aliphatic rings. The highest BCUT2D eigenvalue weighted by atomic mass is 79.9. The zero-order chi connectivity index (χ0) is 30.1. The van der Waals surface area contributed by atoms with Gasteiger partial charge in [0.15, 0.2) is 0 Å². The maximum atomic E-state index is 14.6. The van der Waals surface area contributed by atoms with Crippen LogP contribution in [0.3, 0.4) is 0 Å². The fourth-order valence-electron chi connectivity index (χ4n) is 3.82. The SMILES string of the molecule is CCC(Sc1cccc(NC(=O)/C(=C\c2c(F)cccc2Cl)NC(=O)c2ccccc2)c1)C(=O)Nc1ccc(Br)cc1. The van der Waals surface area contributed by atoms with E-state index in [1.165, 1.54) is 36.0 Å². The largest absolute Gasteiger partial charge is 0.325 e. The molecule has 0 bridgehead atoms. The molecule has 0 aliphatic heterocycles. The monoisotopic (exact) mass is 665 g/mol. The fourth-order valence-corrected chi connectivity index (χ4v) is 5.32. The fraction of sp³-hybridized carbons (Fsp3) is 0.0938. The number of nitrogens with one attached hydrogen (secondary N) is 3. The zero-order valence-corrected chi connectivity index (χ0v) is 25.5. The van der Waals surface area contributed by atoms with Crippen molar-refractivity contribution in [3.05, 3.63) is 129 Å². The Labute approximate surface area is 260 Å². The standard InChI is InChI=1S/C32H26BrClFN3O3S/c1-2-29(32(41)36-22-16-14-21(33)15-17-22)42-24-11-6-10-23(18-24)37-31(40)28(19-25-26(34)12-7-13-27(25)35)38-30(39)20-8-4-3-5-9-20/h3-19,29H,2H2,1H3,(H,36,41)(H,37,40)(H,38,39)/b28-19+. The van der Waals surface area contributed by atoms with Crippen molar-refractivity contribution in [3.63, 3.8) is 0 Å². The van der Waals surface area contributed by atoms with Crippen molar-refractivity contribution in [1.82, 2.24) is 5.32 Å². The predicted molar refractivity (Wildman–Crippen MR) is 171 cm³/mol. The third kappa shape index (κ3) is 8.55. The summed E-state index contributed by atoms with van der Waals surface area (Å²) in [6, 6.07) is 26.8. The topological polar surface area (TPSA) is 87.3 Å². The van der Waals surface area contributed by atoms with Crippen LogP contribution in [0.25, 0.3) is 6.08 Å². The second kappa shape index (κ2) is 14.8. The third-order valence-corrected chi connectivity index (χ3v) is 8.18. The summed E-state index contributed by atoms with van der Waals surface area (Å²) in [5.74, 6) is -2.01. The van der Waals surface area contributed by atoms with E-state index in [2.05, 4.69) is 31.9 Å². The van der Waals surface area contributed by atoms with Gasteiger partial charge in [-0.1, -0.05) is 64.8 Å². The summed E-state index contributed by atoms with van der Waals surface area (Å²) in [7, 11) is 0. The summed E-state index contributed by atoms with van der Waals surface area (Å²) in [5, 5.41) is 7.96. The summed E-state index contributed by atoms with van der Waals surface area (Å²) in [4.78, 5) is 40.0. The molecule has 42 heavy (non-hydrogen) atoms. The Bertz CT molecular complexity index is 1600. The molecule has 0 radical (unpaired) electrons. The average molecular weight is 667 g/mol. The summed E-state index contributed by atoms with van der Waals surface area (Å²) >= 11 is 10.9. The summed E-state index contributed by atoms with van der Waals surface area (Å²) < 4.78 is 15.5. The van der Waals surface area contributed by atoms with Crippen molar-refractivity contribution >= 4 is 74.5 Å². The minimum absolute atomic E-state index is 0.0374. The van der Waals surface area contributed by atoms with Crippen LogP contribution in [-0.4, -0.2) is 23.0 Å². The lowest BCUT2D eigenvalue weighted by Crippen LogP contribution is -2.30. The summed E-state index contributed by atoms with van der Waals surface area (Å²) in [5.41, 5.74) is 1.20. The van der Waals surface area contributed by atoms with E-state index < -0.39 is 17.6 Å². The first kappa shape index (κ1) is 31.0.